The van der Waals surface area contributed by atoms with Gasteiger partial charge >= 0.3 is 0 Å². The van der Waals surface area contributed by atoms with Crippen LogP contribution in [0.5, 0.6) is 0 Å². The molecular formula is C14H21BrN2S2. The van der Waals surface area contributed by atoms with E-state index in [1.807, 2.05) is 11.8 Å². The first kappa shape index (κ1) is 15.5. The zero-order chi connectivity index (χ0) is 13.8. The molecule has 0 unspecified atom stereocenters. The average molecular weight is 361 g/mol. The first-order valence-corrected chi connectivity index (χ1v) is 9.23. The molecule has 1 aromatic rings. The number of hydrogen-bond donors (Lipinski definition) is 1. The molecule has 2 rings (SSSR count). The van der Waals surface area contributed by atoms with Gasteiger partial charge in [-0.1, -0.05) is 45.3 Å². The van der Waals surface area contributed by atoms with Crippen LogP contribution in [0.4, 0.5) is 0 Å². The lowest BCUT2D eigenvalue weighted by Crippen LogP contribution is -2.09. The summed E-state index contributed by atoms with van der Waals surface area (Å²) in [5.74, 6) is 2.39. The molecule has 0 aromatic carbocycles. The monoisotopic (exact) mass is 360 g/mol. The third kappa shape index (κ3) is 4.30. The zero-order valence-electron chi connectivity index (χ0n) is 11.5. The van der Waals surface area contributed by atoms with Gasteiger partial charge < -0.3 is 4.98 Å². The standard InChI is InChI=1S/C14H21BrN2S2/c1-9(2)13-12(15)14(18)17-11(16-13)8-19-10-6-4-3-5-7-10/h9-10H,3-8H2,1-2H3,(H,16,17,18). The number of H-pyrrole nitrogens is 1. The van der Waals surface area contributed by atoms with Gasteiger partial charge in [-0.15, -0.1) is 0 Å². The van der Waals surface area contributed by atoms with Crippen molar-refractivity contribution in [3.63, 3.8) is 0 Å². The predicted molar refractivity (Wildman–Crippen MR) is 89.4 cm³/mol. The highest BCUT2D eigenvalue weighted by atomic mass is 79.9. The smallest absolute Gasteiger partial charge is 0.144 e. The maximum atomic E-state index is 5.33. The molecule has 1 aliphatic rings. The second kappa shape index (κ2) is 7.23. The van der Waals surface area contributed by atoms with Crippen molar-refractivity contribution in [1.29, 1.82) is 0 Å². The fraction of sp³-hybridized carbons (Fsp3) is 0.714. The third-order valence-corrected chi connectivity index (χ3v) is 6.27. The molecule has 2 nitrogen and oxygen atoms in total. The van der Waals surface area contributed by atoms with E-state index in [1.165, 1.54) is 37.8 Å². The molecule has 0 spiro atoms. The Labute approximate surface area is 133 Å². The van der Waals surface area contributed by atoms with Crippen molar-refractivity contribution in [2.45, 2.75) is 62.9 Å². The minimum Gasteiger partial charge on any atom is -0.345 e. The van der Waals surface area contributed by atoms with E-state index < -0.39 is 0 Å². The Morgan fingerprint density at radius 3 is 2.68 bits per heavy atom. The molecular weight excluding hydrogens is 340 g/mol. The van der Waals surface area contributed by atoms with E-state index in [1.54, 1.807) is 0 Å². The molecule has 0 atom stereocenters. The van der Waals surface area contributed by atoms with Gasteiger partial charge in [-0.3, -0.25) is 0 Å². The van der Waals surface area contributed by atoms with Crippen molar-refractivity contribution in [2.75, 3.05) is 0 Å². The van der Waals surface area contributed by atoms with Crippen LogP contribution in [-0.2, 0) is 5.75 Å². The highest BCUT2D eigenvalue weighted by Gasteiger charge is 2.15. The van der Waals surface area contributed by atoms with E-state index in [2.05, 4.69) is 39.7 Å². The van der Waals surface area contributed by atoms with Gasteiger partial charge in [0, 0.05) is 10.9 Å². The van der Waals surface area contributed by atoms with Gasteiger partial charge in [0.2, 0.25) is 0 Å². The Morgan fingerprint density at radius 2 is 2.05 bits per heavy atom. The van der Waals surface area contributed by atoms with Gasteiger partial charge in [0.1, 0.15) is 10.5 Å². The summed E-state index contributed by atoms with van der Waals surface area (Å²) in [7, 11) is 0. The normalized spacial score (nSPS) is 17.1. The first-order valence-electron chi connectivity index (χ1n) is 6.98. The number of aromatic amines is 1. The summed E-state index contributed by atoms with van der Waals surface area (Å²) >= 11 is 10.9. The Kier molecular flexibility index (Phi) is 5.90. The Morgan fingerprint density at radius 1 is 1.37 bits per heavy atom. The molecule has 0 bridgehead atoms. The lowest BCUT2D eigenvalue weighted by molar-refractivity contribution is 0.516. The molecule has 106 valence electrons. The van der Waals surface area contributed by atoms with E-state index in [0.717, 1.165) is 21.3 Å². The molecule has 5 heteroatoms. The van der Waals surface area contributed by atoms with Crippen LogP contribution in [0.2, 0.25) is 0 Å². The number of hydrogen-bond acceptors (Lipinski definition) is 3. The van der Waals surface area contributed by atoms with Gasteiger partial charge in [-0.05, 0) is 34.7 Å². The molecule has 19 heavy (non-hydrogen) atoms. The molecule has 1 N–H and O–H groups in total. The van der Waals surface area contributed by atoms with Crippen molar-refractivity contribution in [3.05, 3.63) is 20.6 Å². The van der Waals surface area contributed by atoms with Crippen LogP contribution in [0.15, 0.2) is 4.47 Å². The van der Waals surface area contributed by atoms with Crippen molar-refractivity contribution >= 4 is 39.9 Å². The quantitative estimate of drug-likeness (QED) is 0.709. The maximum absolute atomic E-state index is 5.33. The SMILES string of the molecule is CC(C)c1[nH]c(CSC2CCCCC2)nc(=S)c1Br. The van der Waals surface area contributed by atoms with E-state index in [0.29, 0.717) is 10.6 Å². The first-order chi connectivity index (χ1) is 9.08. The van der Waals surface area contributed by atoms with Crippen molar-refractivity contribution < 1.29 is 0 Å². The summed E-state index contributed by atoms with van der Waals surface area (Å²) in [6.45, 7) is 4.34. The number of aromatic nitrogens is 2. The lowest BCUT2D eigenvalue weighted by Gasteiger charge is -2.21. The lowest BCUT2D eigenvalue weighted by atomic mass is 10.0. The third-order valence-electron chi connectivity index (χ3n) is 3.53. The van der Waals surface area contributed by atoms with Crippen LogP contribution in [0.1, 0.15) is 63.4 Å². The number of nitrogens with zero attached hydrogens (tertiary/aromatic N) is 1. The fourth-order valence-corrected chi connectivity index (χ4v) is 4.48. The number of halogens is 1. The largest absolute Gasteiger partial charge is 0.345 e. The summed E-state index contributed by atoms with van der Waals surface area (Å²) in [6, 6.07) is 0. The van der Waals surface area contributed by atoms with Gasteiger partial charge in [-0.25, -0.2) is 4.98 Å². The van der Waals surface area contributed by atoms with Crippen LogP contribution in [0.3, 0.4) is 0 Å². The van der Waals surface area contributed by atoms with Gasteiger partial charge in [0.15, 0.2) is 0 Å². The molecule has 1 saturated carbocycles. The second-order valence-electron chi connectivity index (χ2n) is 5.44. The molecule has 0 saturated heterocycles. The minimum absolute atomic E-state index is 0.428. The maximum Gasteiger partial charge on any atom is 0.144 e. The summed E-state index contributed by atoms with van der Waals surface area (Å²) in [5.41, 5.74) is 1.17. The van der Waals surface area contributed by atoms with E-state index in [9.17, 15) is 0 Å². The molecule has 1 heterocycles. The highest BCUT2D eigenvalue weighted by Crippen LogP contribution is 2.30. The molecule has 1 fully saturated rings. The summed E-state index contributed by atoms with van der Waals surface area (Å²) in [6.07, 6.45) is 6.91. The number of thioether (sulfide) groups is 1. The second-order valence-corrected chi connectivity index (χ2v) is 7.91. The van der Waals surface area contributed by atoms with Gasteiger partial charge in [-0.2, -0.15) is 11.8 Å². The van der Waals surface area contributed by atoms with Crippen LogP contribution in [0.25, 0.3) is 0 Å². The molecule has 0 aliphatic heterocycles. The van der Waals surface area contributed by atoms with Crippen molar-refractivity contribution in [2.24, 2.45) is 0 Å². The molecule has 0 amide bonds. The fourth-order valence-electron chi connectivity index (χ4n) is 2.42. The number of nitrogens with one attached hydrogen (secondary N) is 1. The van der Waals surface area contributed by atoms with Crippen molar-refractivity contribution in [3.8, 4) is 0 Å². The Hall–Kier alpha value is 0.130. The topological polar surface area (TPSA) is 28.7 Å². The van der Waals surface area contributed by atoms with Crippen molar-refractivity contribution in [1.82, 2.24) is 9.97 Å². The van der Waals surface area contributed by atoms with Gasteiger partial charge in [0.05, 0.1) is 10.2 Å². The number of rotatable bonds is 4. The van der Waals surface area contributed by atoms with Gasteiger partial charge in [0.25, 0.3) is 0 Å². The predicted octanol–water partition coefficient (Wildman–Crippen LogP) is 5.59. The highest BCUT2D eigenvalue weighted by molar-refractivity contribution is 9.10. The van der Waals surface area contributed by atoms with Crippen LogP contribution in [0, 0.1) is 4.64 Å². The molecule has 0 radical (unpaired) electrons. The van der Waals surface area contributed by atoms with E-state index in [-0.39, 0.29) is 0 Å². The average Bonchev–Trinajstić information content (AvgIpc) is 2.41. The van der Waals surface area contributed by atoms with Crippen LogP contribution >= 0.6 is 39.9 Å². The molecule has 1 aliphatic carbocycles. The summed E-state index contributed by atoms with van der Waals surface area (Å²) < 4.78 is 1.63. The zero-order valence-corrected chi connectivity index (χ0v) is 14.8. The van der Waals surface area contributed by atoms with E-state index >= 15 is 0 Å². The summed E-state index contributed by atoms with van der Waals surface area (Å²) in [4.78, 5) is 7.94. The Balaban J connectivity index is 2.05. The van der Waals surface area contributed by atoms with E-state index in [4.69, 9.17) is 12.2 Å². The van der Waals surface area contributed by atoms with Crippen LogP contribution in [-0.4, -0.2) is 15.2 Å². The Bertz CT molecular complexity index is 479. The minimum atomic E-state index is 0.428. The summed E-state index contributed by atoms with van der Waals surface area (Å²) in [5, 5.41) is 0.809. The molecule has 1 aromatic heterocycles. The van der Waals surface area contributed by atoms with Crippen LogP contribution < -0.4 is 0 Å².